The molecule has 1 heterocycles. The van der Waals surface area contributed by atoms with E-state index in [0.717, 1.165) is 30.6 Å². The lowest BCUT2D eigenvalue weighted by Gasteiger charge is -2.22. The van der Waals surface area contributed by atoms with Gasteiger partial charge in [-0.15, -0.1) is 0 Å². The molecular formula is C12H17N3O3. The van der Waals surface area contributed by atoms with Crippen molar-refractivity contribution in [2.24, 2.45) is 5.73 Å². The Morgan fingerprint density at radius 1 is 1.44 bits per heavy atom. The quantitative estimate of drug-likeness (QED) is 0.693. The van der Waals surface area contributed by atoms with Gasteiger partial charge in [0.05, 0.1) is 25.4 Å². The van der Waals surface area contributed by atoms with Crippen LogP contribution in [0.2, 0.25) is 0 Å². The average Bonchev–Trinajstić information content (AvgIpc) is 2.85. The van der Waals surface area contributed by atoms with Crippen LogP contribution in [0.3, 0.4) is 0 Å². The van der Waals surface area contributed by atoms with Crippen molar-refractivity contribution in [2.75, 3.05) is 13.1 Å². The van der Waals surface area contributed by atoms with Gasteiger partial charge >= 0.3 is 0 Å². The van der Waals surface area contributed by atoms with Crippen molar-refractivity contribution >= 4 is 11.8 Å². The molecule has 18 heavy (non-hydrogen) atoms. The van der Waals surface area contributed by atoms with Gasteiger partial charge in [-0.05, 0) is 18.9 Å². The highest BCUT2D eigenvalue weighted by Crippen LogP contribution is 2.30. The van der Waals surface area contributed by atoms with Crippen LogP contribution < -0.4 is 16.4 Å². The van der Waals surface area contributed by atoms with E-state index in [9.17, 15) is 9.59 Å². The maximum atomic E-state index is 11.7. The summed E-state index contributed by atoms with van der Waals surface area (Å²) in [5.41, 5.74) is 6.18. The van der Waals surface area contributed by atoms with Crippen molar-refractivity contribution in [2.45, 2.75) is 25.3 Å². The minimum atomic E-state index is -0.335. The molecule has 0 aliphatic heterocycles. The van der Waals surface area contributed by atoms with Crippen molar-refractivity contribution in [3.8, 4) is 0 Å². The minimum Gasteiger partial charge on any atom is -0.469 e. The highest BCUT2D eigenvalue weighted by atomic mass is 16.3. The monoisotopic (exact) mass is 251 g/mol. The normalized spacial score (nSPS) is 17.9. The smallest absolute Gasteiger partial charge is 0.239 e. The summed E-state index contributed by atoms with van der Waals surface area (Å²) in [5, 5.41) is 5.33. The van der Waals surface area contributed by atoms with E-state index in [4.69, 9.17) is 10.2 Å². The summed E-state index contributed by atoms with van der Waals surface area (Å²) in [7, 11) is 0. The standard InChI is InChI=1S/C12H17N3O3/c13-6-11(16)14-7-12(17)15-9-2-1-3-10-8(9)4-5-18-10/h4-5,9H,1-3,6-7,13H2,(H,14,16)(H,15,17). The summed E-state index contributed by atoms with van der Waals surface area (Å²) < 4.78 is 5.35. The summed E-state index contributed by atoms with van der Waals surface area (Å²) in [6.07, 6.45) is 4.44. The van der Waals surface area contributed by atoms with Crippen molar-refractivity contribution < 1.29 is 14.0 Å². The molecule has 0 saturated carbocycles. The Balaban J connectivity index is 1.87. The first-order chi connectivity index (χ1) is 8.70. The van der Waals surface area contributed by atoms with Crippen LogP contribution in [-0.2, 0) is 16.0 Å². The van der Waals surface area contributed by atoms with Crippen LogP contribution in [-0.4, -0.2) is 24.9 Å². The number of carbonyl (C=O) groups excluding carboxylic acids is 2. The summed E-state index contributed by atoms with van der Waals surface area (Å²) in [4.78, 5) is 22.6. The third-order valence-electron chi connectivity index (χ3n) is 3.02. The van der Waals surface area contributed by atoms with Gasteiger partial charge in [-0.1, -0.05) is 0 Å². The number of aryl methyl sites for hydroxylation is 1. The molecule has 0 spiro atoms. The Kier molecular flexibility index (Phi) is 3.99. The van der Waals surface area contributed by atoms with Gasteiger partial charge in [0.1, 0.15) is 5.76 Å². The SMILES string of the molecule is NCC(=O)NCC(=O)NC1CCCc2occc21. The Labute approximate surface area is 105 Å². The van der Waals surface area contributed by atoms with Gasteiger partial charge in [0.25, 0.3) is 0 Å². The molecule has 1 unspecified atom stereocenters. The van der Waals surface area contributed by atoms with E-state index in [1.807, 2.05) is 6.07 Å². The zero-order valence-electron chi connectivity index (χ0n) is 10.1. The van der Waals surface area contributed by atoms with Gasteiger partial charge < -0.3 is 20.8 Å². The summed E-state index contributed by atoms with van der Waals surface area (Å²) >= 11 is 0. The molecule has 1 atom stereocenters. The Morgan fingerprint density at radius 3 is 3.06 bits per heavy atom. The van der Waals surface area contributed by atoms with Crippen molar-refractivity contribution in [1.82, 2.24) is 10.6 Å². The maximum Gasteiger partial charge on any atom is 0.239 e. The first kappa shape index (κ1) is 12.6. The summed E-state index contributed by atoms with van der Waals surface area (Å²) in [5.74, 6) is 0.395. The van der Waals surface area contributed by atoms with Gasteiger partial charge in [0.2, 0.25) is 11.8 Å². The lowest BCUT2D eigenvalue weighted by atomic mass is 9.93. The minimum absolute atomic E-state index is 0.0187. The molecule has 0 bridgehead atoms. The molecule has 0 radical (unpaired) electrons. The lowest BCUT2D eigenvalue weighted by Crippen LogP contribution is -2.41. The number of fused-ring (bicyclic) bond motifs is 1. The van der Waals surface area contributed by atoms with Crippen LogP contribution in [0.4, 0.5) is 0 Å². The molecule has 1 aromatic rings. The van der Waals surface area contributed by atoms with E-state index in [1.165, 1.54) is 0 Å². The Morgan fingerprint density at radius 2 is 2.28 bits per heavy atom. The van der Waals surface area contributed by atoms with E-state index in [1.54, 1.807) is 6.26 Å². The van der Waals surface area contributed by atoms with E-state index >= 15 is 0 Å². The fourth-order valence-corrected chi connectivity index (χ4v) is 2.13. The lowest BCUT2D eigenvalue weighted by molar-refractivity contribution is -0.125. The van der Waals surface area contributed by atoms with Gasteiger partial charge in [-0.2, -0.15) is 0 Å². The third-order valence-corrected chi connectivity index (χ3v) is 3.02. The molecule has 0 fully saturated rings. The van der Waals surface area contributed by atoms with Crippen LogP contribution in [0.25, 0.3) is 0 Å². The van der Waals surface area contributed by atoms with Gasteiger partial charge in [-0.3, -0.25) is 9.59 Å². The highest BCUT2D eigenvalue weighted by Gasteiger charge is 2.23. The first-order valence-corrected chi connectivity index (χ1v) is 6.03. The number of furan rings is 1. The molecule has 6 heteroatoms. The average molecular weight is 251 g/mol. The number of rotatable bonds is 4. The molecule has 1 aliphatic rings. The van der Waals surface area contributed by atoms with Gasteiger partial charge in [-0.25, -0.2) is 0 Å². The third kappa shape index (κ3) is 2.89. The van der Waals surface area contributed by atoms with E-state index in [0.29, 0.717) is 0 Å². The molecule has 0 aromatic carbocycles. The maximum absolute atomic E-state index is 11.7. The van der Waals surface area contributed by atoms with Gasteiger partial charge in [0.15, 0.2) is 0 Å². The Hall–Kier alpha value is -1.82. The fraction of sp³-hybridized carbons (Fsp3) is 0.500. The Bertz CT molecular complexity index is 442. The molecule has 0 saturated heterocycles. The number of carbonyl (C=O) groups is 2. The van der Waals surface area contributed by atoms with Crippen LogP contribution in [0, 0.1) is 0 Å². The predicted octanol–water partition coefficient (Wildman–Crippen LogP) is -0.152. The summed E-state index contributed by atoms with van der Waals surface area (Å²) in [6, 6.07) is 1.87. The van der Waals surface area contributed by atoms with Crippen LogP contribution in [0.1, 0.15) is 30.2 Å². The number of hydrogen-bond acceptors (Lipinski definition) is 4. The second-order valence-electron chi connectivity index (χ2n) is 4.29. The molecule has 1 aromatic heterocycles. The van der Waals surface area contributed by atoms with E-state index in [2.05, 4.69) is 10.6 Å². The molecule has 4 N–H and O–H groups in total. The molecule has 1 aliphatic carbocycles. The molecule has 2 amide bonds. The number of nitrogens with two attached hydrogens (primary N) is 1. The predicted molar refractivity (Wildman–Crippen MR) is 64.6 cm³/mol. The second-order valence-corrected chi connectivity index (χ2v) is 4.29. The molecule has 2 rings (SSSR count). The molecular weight excluding hydrogens is 234 g/mol. The van der Waals surface area contributed by atoms with Crippen LogP contribution in [0.15, 0.2) is 16.7 Å². The zero-order chi connectivity index (χ0) is 13.0. The van der Waals surface area contributed by atoms with Crippen molar-refractivity contribution in [3.05, 3.63) is 23.7 Å². The van der Waals surface area contributed by atoms with Crippen LogP contribution in [0.5, 0.6) is 0 Å². The zero-order valence-corrected chi connectivity index (χ0v) is 10.1. The van der Waals surface area contributed by atoms with E-state index < -0.39 is 0 Å². The van der Waals surface area contributed by atoms with Crippen LogP contribution >= 0.6 is 0 Å². The molecule has 6 nitrogen and oxygen atoms in total. The highest BCUT2D eigenvalue weighted by molar-refractivity contribution is 5.85. The fourth-order valence-electron chi connectivity index (χ4n) is 2.13. The van der Waals surface area contributed by atoms with E-state index in [-0.39, 0.29) is 30.9 Å². The molecule has 98 valence electrons. The largest absolute Gasteiger partial charge is 0.469 e. The number of amides is 2. The number of hydrogen-bond donors (Lipinski definition) is 3. The first-order valence-electron chi connectivity index (χ1n) is 6.03. The van der Waals surface area contributed by atoms with Gasteiger partial charge in [0, 0.05) is 12.0 Å². The topological polar surface area (TPSA) is 97.4 Å². The van der Waals surface area contributed by atoms with Crippen molar-refractivity contribution in [3.63, 3.8) is 0 Å². The second kappa shape index (κ2) is 5.68. The summed E-state index contributed by atoms with van der Waals surface area (Å²) in [6.45, 7) is -0.150. The number of nitrogens with one attached hydrogen (secondary N) is 2. The van der Waals surface area contributed by atoms with Crippen molar-refractivity contribution in [1.29, 1.82) is 0 Å².